The highest BCUT2D eigenvalue weighted by atomic mass is 79.9. The predicted molar refractivity (Wildman–Crippen MR) is 80.6 cm³/mol. The van der Waals surface area contributed by atoms with Crippen LogP contribution in [0.5, 0.6) is 5.75 Å². The van der Waals surface area contributed by atoms with Gasteiger partial charge in [0.25, 0.3) is 0 Å². The van der Waals surface area contributed by atoms with Crippen LogP contribution < -0.4 is 10.1 Å². The Labute approximate surface area is 123 Å². The topological polar surface area (TPSA) is 41.6 Å². The third-order valence-corrected chi connectivity index (χ3v) is 3.52. The summed E-state index contributed by atoms with van der Waals surface area (Å²) in [5.74, 6) is 0.940. The average Bonchev–Trinajstić information content (AvgIpc) is 2.42. The number of rotatable bonds is 7. The van der Waals surface area contributed by atoms with E-state index in [9.17, 15) is 4.79 Å². The molecular weight excluding hydrogens is 308 g/mol. The van der Waals surface area contributed by atoms with Gasteiger partial charge in [-0.25, -0.2) is 0 Å². The molecule has 1 rings (SSSR count). The number of benzene rings is 1. The molecule has 0 saturated carbocycles. The number of nitrogens with zero attached hydrogens (tertiary/aromatic N) is 1. The van der Waals surface area contributed by atoms with Crippen molar-refractivity contribution in [2.75, 3.05) is 33.8 Å². The molecule has 0 aliphatic heterocycles. The van der Waals surface area contributed by atoms with Gasteiger partial charge < -0.3 is 15.0 Å². The number of halogens is 1. The van der Waals surface area contributed by atoms with Crippen LogP contribution in [0.1, 0.15) is 12.5 Å². The van der Waals surface area contributed by atoms with Crippen molar-refractivity contribution in [1.82, 2.24) is 10.2 Å². The van der Waals surface area contributed by atoms with Crippen molar-refractivity contribution >= 4 is 21.8 Å². The van der Waals surface area contributed by atoms with Crippen LogP contribution in [0.3, 0.4) is 0 Å². The molecule has 1 aromatic rings. The Morgan fingerprint density at radius 3 is 2.79 bits per heavy atom. The van der Waals surface area contributed by atoms with Gasteiger partial charge in [-0.3, -0.25) is 4.79 Å². The summed E-state index contributed by atoms with van der Waals surface area (Å²) in [4.78, 5) is 13.5. The molecule has 0 atom stereocenters. The number of carbonyl (C=O) groups is 1. The van der Waals surface area contributed by atoms with Crippen molar-refractivity contribution in [3.05, 3.63) is 28.2 Å². The molecule has 0 aliphatic rings. The summed E-state index contributed by atoms with van der Waals surface area (Å²) in [6.07, 6.45) is 0.830. The van der Waals surface area contributed by atoms with Crippen LogP contribution in [0.15, 0.2) is 22.7 Å². The van der Waals surface area contributed by atoms with Gasteiger partial charge in [0.1, 0.15) is 5.75 Å². The van der Waals surface area contributed by atoms with Crippen molar-refractivity contribution in [1.29, 1.82) is 0 Å². The van der Waals surface area contributed by atoms with Gasteiger partial charge >= 0.3 is 0 Å². The Hall–Kier alpha value is -1.07. The number of ether oxygens (including phenoxy) is 1. The first-order chi connectivity index (χ1) is 9.08. The molecule has 0 aliphatic carbocycles. The summed E-state index contributed by atoms with van der Waals surface area (Å²) in [6.45, 7) is 3.91. The molecule has 19 heavy (non-hydrogen) atoms. The Balaban J connectivity index is 2.48. The predicted octanol–water partition coefficient (Wildman–Crippen LogP) is 2.07. The Kier molecular flexibility index (Phi) is 6.87. The standard InChI is InChI=1S/C14H21BrN2O2/c1-4-16-10-14(18)17(2)8-7-11-5-6-13(19-3)12(15)9-11/h5-6,9,16H,4,7-8,10H2,1-3H3. The fourth-order valence-corrected chi connectivity index (χ4v) is 2.24. The van der Waals surface area contributed by atoms with E-state index in [1.807, 2.05) is 32.2 Å². The summed E-state index contributed by atoms with van der Waals surface area (Å²) in [6, 6.07) is 5.98. The molecule has 0 bridgehead atoms. The molecule has 0 heterocycles. The van der Waals surface area contributed by atoms with Gasteiger partial charge in [-0.05, 0) is 46.6 Å². The van der Waals surface area contributed by atoms with Gasteiger partial charge in [0, 0.05) is 13.6 Å². The van der Waals surface area contributed by atoms with Gasteiger partial charge in [-0.2, -0.15) is 0 Å². The Morgan fingerprint density at radius 2 is 2.21 bits per heavy atom. The zero-order chi connectivity index (χ0) is 14.3. The average molecular weight is 329 g/mol. The molecule has 0 spiro atoms. The monoisotopic (exact) mass is 328 g/mol. The lowest BCUT2D eigenvalue weighted by Gasteiger charge is -2.17. The van der Waals surface area contributed by atoms with Gasteiger partial charge in [0.15, 0.2) is 0 Å². The van der Waals surface area contributed by atoms with Crippen LogP contribution >= 0.6 is 15.9 Å². The van der Waals surface area contributed by atoms with Gasteiger partial charge in [0.2, 0.25) is 5.91 Å². The minimum Gasteiger partial charge on any atom is -0.496 e. The van der Waals surface area contributed by atoms with Crippen molar-refractivity contribution in [3.63, 3.8) is 0 Å². The fraction of sp³-hybridized carbons (Fsp3) is 0.500. The number of methoxy groups -OCH3 is 1. The van der Waals surface area contributed by atoms with Gasteiger partial charge in [-0.15, -0.1) is 0 Å². The number of hydrogen-bond donors (Lipinski definition) is 1. The molecular formula is C14H21BrN2O2. The highest BCUT2D eigenvalue weighted by Crippen LogP contribution is 2.25. The lowest BCUT2D eigenvalue weighted by atomic mass is 10.1. The molecule has 5 heteroatoms. The molecule has 0 aromatic heterocycles. The third kappa shape index (κ3) is 5.20. The molecule has 1 amide bonds. The molecule has 1 aromatic carbocycles. The second kappa shape index (κ2) is 8.17. The summed E-state index contributed by atoms with van der Waals surface area (Å²) in [5, 5.41) is 3.04. The maximum Gasteiger partial charge on any atom is 0.236 e. The number of carbonyl (C=O) groups excluding carboxylic acids is 1. The van der Waals surface area contributed by atoms with Crippen LogP contribution in [-0.4, -0.2) is 44.6 Å². The van der Waals surface area contributed by atoms with Crippen molar-refractivity contribution in [2.45, 2.75) is 13.3 Å². The minimum absolute atomic E-state index is 0.120. The zero-order valence-corrected chi connectivity index (χ0v) is 13.3. The first-order valence-electron chi connectivity index (χ1n) is 6.35. The van der Waals surface area contributed by atoms with E-state index in [2.05, 4.69) is 21.2 Å². The fourth-order valence-electron chi connectivity index (χ4n) is 1.65. The number of nitrogens with one attached hydrogen (secondary N) is 1. The number of amides is 1. The molecule has 106 valence electrons. The van der Waals surface area contributed by atoms with E-state index in [1.165, 1.54) is 5.56 Å². The summed E-state index contributed by atoms with van der Waals surface area (Å²) in [7, 11) is 3.48. The highest BCUT2D eigenvalue weighted by Gasteiger charge is 2.08. The Bertz CT molecular complexity index is 424. The summed E-state index contributed by atoms with van der Waals surface area (Å²) in [5.41, 5.74) is 1.18. The molecule has 0 unspecified atom stereocenters. The van der Waals surface area contributed by atoms with Crippen LogP contribution in [0.2, 0.25) is 0 Å². The number of hydrogen-bond acceptors (Lipinski definition) is 3. The van der Waals surface area contributed by atoms with E-state index in [0.29, 0.717) is 13.1 Å². The van der Waals surface area contributed by atoms with Gasteiger partial charge in [-0.1, -0.05) is 13.0 Å². The molecule has 1 N–H and O–H groups in total. The van der Waals surface area contributed by atoms with E-state index in [-0.39, 0.29) is 5.91 Å². The summed E-state index contributed by atoms with van der Waals surface area (Å²) >= 11 is 3.46. The van der Waals surface area contributed by atoms with Crippen LogP contribution in [0.25, 0.3) is 0 Å². The maximum absolute atomic E-state index is 11.7. The highest BCUT2D eigenvalue weighted by molar-refractivity contribution is 9.10. The number of likely N-dealkylation sites (N-methyl/N-ethyl adjacent to an activating group) is 2. The van der Waals surface area contributed by atoms with Crippen LogP contribution in [0, 0.1) is 0 Å². The SMILES string of the molecule is CCNCC(=O)N(C)CCc1ccc(OC)c(Br)c1. The smallest absolute Gasteiger partial charge is 0.236 e. The van der Waals surface area contributed by atoms with Crippen molar-refractivity contribution in [3.8, 4) is 5.75 Å². The third-order valence-electron chi connectivity index (χ3n) is 2.90. The van der Waals surface area contributed by atoms with Crippen molar-refractivity contribution in [2.24, 2.45) is 0 Å². The van der Waals surface area contributed by atoms with E-state index in [1.54, 1.807) is 12.0 Å². The van der Waals surface area contributed by atoms with Crippen molar-refractivity contribution < 1.29 is 9.53 Å². The minimum atomic E-state index is 0.120. The quantitative estimate of drug-likeness (QED) is 0.833. The Morgan fingerprint density at radius 1 is 1.47 bits per heavy atom. The molecule has 4 nitrogen and oxygen atoms in total. The maximum atomic E-state index is 11.7. The van der Waals surface area contributed by atoms with E-state index in [4.69, 9.17) is 4.74 Å². The first kappa shape index (κ1) is 16.0. The van der Waals surface area contributed by atoms with Crippen LogP contribution in [-0.2, 0) is 11.2 Å². The van der Waals surface area contributed by atoms with E-state index in [0.717, 1.165) is 23.2 Å². The normalized spacial score (nSPS) is 10.3. The first-order valence-corrected chi connectivity index (χ1v) is 7.14. The second-order valence-electron chi connectivity index (χ2n) is 4.31. The van der Waals surface area contributed by atoms with E-state index >= 15 is 0 Å². The zero-order valence-electron chi connectivity index (χ0n) is 11.7. The second-order valence-corrected chi connectivity index (χ2v) is 5.17. The summed E-state index contributed by atoms with van der Waals surface area (Å²) < 4.78 is 6.13. The lowest BCUT2D eigenvalue weighted by molar-refractivity contribution is -0.128. The van der Waals surface area contributed by atoms with Crippen LogP contribution in [0.4, 0.5) is 0 Å². The van der Waals surface area contributed by atoms with E-state index < -0.39 is 0 Å². The molecule has 0 radical (unpaired) electrons. The lowest BCUT2D eigenvalue weighted by Crippen LogP contribution is -2.36. The largest absolute Gasteiger partial charge is 0.496 e. The van der Waals surface area contributed by atoms with Gasteiger partial charge in [0.05, 0.1) is 18.1 Å². The molecule has 0 saturated heterocycles. The molecule has 0 fully saturated rings.